The van der Waals surface area contributed by atoms with Crippen molar-refractivity contribution in [1.82, 2.24) is 19.6 Å². The lowest BCUT2D eigenvalue weighted by atomic mass is 9.84. The number of hydrogen-bond acceptors (Lipinski definition) is 5. The molecule has 128 valence electrons. The minimum absolute atomic E-state index is 0.469. The van der Waals surface area contributed by atoms with Crippen LogP contribution in [0.3, 0.4) is 0 Å². The molecule has 2 aromatic heterocycles. The lowest BCUT2D eigenvalue weighted by Crippen LogP contribution is -2.39. The first-order valence-corrected chi connectivity index (χ1v) is 8.88. The number of ether oxygens (including phenoxy) is 1. The number of aromatic nitrogens is 4. The van der Waals surface area contributed by atoms with Crippen LogP contribution in [-0.4, -0.2) is 45.4 Å². The molecule has 3 atom stereocenters. The standard InChI is InChI=1S/C19H21N5O/c1-13-21-18(9-19-22-20-12-24(13)19)23-10-15(14-5-3-2-4-6-14)16-11-25-8-7-17(16)23/h2-6,9,12,15-17H,7-8,10-11H2,1H3. The Bertz CT molecular complexity index is 893. The van der Waals surface area contributed by atoms with Gasteiger partial charge in [-0.15, -0.1) is 10.2 Å². The second-order valence-corrected chi connectivity index (χ2v) is 6.99. The number of hydrogen-bond donors (Lipinski definition) is 0. The summed E-state index contributed by atoms with van der Waals surface area (Å²) in [5, 5.41) is 8.22. The van der Waals surface area contributed by atoms with Gasteiger partial charge in [0, 0.05) is 37.1 Å². The van der Waals surface area contributed by atoms with E-state index in [2.05, 4.69) is 51.5 Å². The van der Waals surface area contributed by atoms with Crippen LogP contribution in [0.25, 0.3) is 5.65 Å². The molecule has 1 aromatic carbocycles. The Kier molecular flexibility index (Phi) is 3.45. The Balaban J connectivity index is 1.55. The smallest absolute Gasteiger partial charge is 0.165 e. The molecule has 2 aliphatic rings. The van der Waals surface area contributed by atoms with Crippen molar-refractivity contribution in [3.8, 4) is 0 Å². The topological polar surface area (TPSA) is 55.5 Å². The van der Waals surface area contributed by atoms with Gasteiger partial charge in [-0.2, -0.15) is 0 Å². The van der Waals surface area contributed by atoms with Gasteiger partial charge < -0.3 is 9.64 Å². The Morgan fingerprint density at radius 1 is 1.20 bits per heavy atom. The summed E-state index contributed by atoms with van der Waals surface area (Å²) in [7, 11) is 0. The van der Waals surface area contributed by atoms with Gasteiger partial charge in [0.15, 0.2) is 5.65 Å². The van der Waals surface area contributed by atoms with E-state index in [4.69, 9.17) is 9.72 Å². The zero-order valence-electron chi connectivity index (χ0n) is 14.2. The minimum atomic E-state index is 0.469. The van der Waals surface area contributed by atoms with Crippen LogP contribution in [-0.2, 0) is 4.74 Å². The van der Waals surface area contributed by atoms with Crippen LogP contribution in [0.2, 0.25) is 0 Å². The van der Waals surface area contributed by atoms with Gasteiger partial charge in [0.2, 0.25) is 0 Å². The highest BCUT2D eigenvalue weighted by atomic mass is 16.5. The minimum Gasteiger partial charge on any atom is -0.381 e. The molecule has 0 spiro atoms. The SMILES string of the molecule is Cc1nc(N2CC(c3ccccc3)C3COCCC32)cc2nncn12. The van der Waals surface area contributed by atoms with Crippen molar-refractivity contribution in [1.29, 1.82) is 0 Å². The first-order chi connectivity index (χ1) is 12.3. The van der Waals surface area contributed by atoms with E-state index < -0.39 is 0 Å². The van der Waals surface area contributed by atoms with E-state index in [0.717, 1.165) is 43.5 Å². The maximum atomic E-state index is 5.83. The van der Waals surface area contributed by atoms with Crippen molar-refractivity contribution in [2.75, 3.05) is 24.7 Å². The van der Waals surface area contributed by atoms with Gasteiger partial charge in [0.05, 0.1) is 6.61 Å². The number of fused-ring (bicyclic) bond motifs is 2. The van der Waals surface area contributed by atoms with Gasteiger partial charge in [0.25, 0.3) is 0 Å². The Morgan fingerprint density at radius 2 is 2.08 bits per heavy atom. The third-order valence-corrected chi connectivity index (χ3v) is 5.65. The molecule has 0 radical (unpaired) electrons. The van der Waals surface area contributed by atoms with E-state index in [1.165, 1.54) is 5.56 Å². The van der Waals surface area contributed by atoms with Gasteiger partial charge in [-0.1, -0.05) is 30.3 Å². The van der Waals surface area contributed by atoms with Gasteiger partial charge in [-0.3, -0.25) is 4.40 Å². The van der Waals surface area contributed by atoms with Crippen molar-refractivity contribution in [2.45, 2.75) is 25.3 Å². The molecule has 2 aliphatic heterocycles. The van der Waals surface area contributed by atoms with Crippen molar-refractivity contribution < 1.29 is 4.74 Å². The number of nitrogens with zero attached hydrogens (tertiary/aromatic N) is 5. The van der Waals surface area contributed by atoms with Crippen LogP contribution in [0.4, 0.5) is 5.82 Å². The molecular formula is C19H21N5O. The van der Waals surface area contributed by atoms with Crippen molar-refractivity contribution in [3.63, 3.8) is 0 Å². The van der Waals surface area contributed by atoms with Crippen LogP contribution in [0.15, 0.2) is 42.7 Å². The second-order valence-electron chi connectivity index (χ2n) is 6.99. The third kappa shape index (κ3) is 2.40. The summed E-state index contributed by atoms with van der Waals surface area (Å²) in [5.41, 5.74) is 2.25. The van der Waals surface area contributed by atoms with Crippen molar-refractivity contribution >= 4 is 11.5 Å². The van der Waals surface area contributed by atoms with Gasteiger partial charge in [-0.05, 0) is 18.9 Å². The molecule has 3 unspecified atom stereocenters. The Labute approximate surface area is 146 Å². The lowest BCUT2D eigenvalue weighted by Gasteiger charge is -2.33. The molecule has 0 N–H and O–H groups in total. The largest absolute Gasteiger partial charge is 0.381 e. The molecule has 6 nitrogen and oxygen atoms in total. The van der Waals surface area contributed by atoms with E-state index in [1.54, 1.807) is 6.33 Å². The summed E-state index contributed by atoms with van der Waals surface area (Å²) in [6.07, 6.45) is 2.77. The average Bonchev–Trinajstić information content (AvgIpc) is 3.27. The highest BCUT2D eigenvalue weighted by Crippen LogP contribution is 2.42. The second kappa shape index (κ2) is 5.81. The zero-order valence-corrected chi connectivity index (χ0v) is 14.2. The third-order valence-electron chi connectivity index (χ3n) is 5.65. The molecule has 0 bridgehead atoms. The van der Waals surface area contributed by atoms with Crippen LogP contribution in [0, 0.1) is 12.8 Å². The van der Waals surface area contributed by atoms with E-state index in [1.807, 2.05) is 11.3 Å². The predicted octanol–water partition coefficient (Wildman–Crippen LogP) is 2.44. The number of benzene rings is 1. The molecule has 2 saturated heterocycles. The van der Waals surface area contributed by atoms with Crippen LogP contribution in [0.1, 0.15) is 23.7 Å². The maximum absolute atomic E-state index is 5.83. The van der Waals surface area contributed by atoms with Crippen LogP contribution in [0.5, 0.6) is 0 Å². The summed E-state index contributed by atoms with van der Waals surface area (Å²) < 4.78 is 7.75. The van der Waals surface area contributed by atoms with E-state index in [9.17, 15) is 0 Å². The molecule has 4 heterocycles. The molecule has 0 aliphatic carbocycles. The predicted molar refractivity (Wildman–Crippen MR) is 94.8 cm³/mol. The maximum Gasteiger partial charge on any atom is 0.165 e. The van der Waals surface area contributed by atoms with Crippen LogP contribution >= 0.6 is 0 Å². The highest BCUT2D eigenvalue weighted by Gasteiger charge is 2.44. The summed E-state index contributed by atoms with van der Waals surface area (Å²) in [5.74, 6) is 2.91. The molecule has 6 heteroatoms. The van der Waals surface area contributed by atoms with Gasteiger partial charge in [0.1, 0.15) is 18.0 Å². The fourth-order valence-corrected chi connectivity index (χ4v) is 4.43. The summed E-state index contributed by atoms with van der Waals surface area (Å²) in [6, 6.07) is 13.3. The quantitative estimate of drug-likeness (QED) is 0.720. The molecule has 25 heavy (non-hydrogen) atoms. The lowest BCUT2D eigenvalue weighted by molar-refractivity contribution is 0.0461. The highest BCUT2D eigenvalue weighted by molar-refractivity contribution is 5.54. The fraction of sp³-hybridized carbons (Fsp3) is 0.421. The summed E-state index contributed by atoms with van der Waals surface area (Å²) in [6.45, 7) is 4.63. The number of anilines is 1. The van der Waals surface area contributed by atoms with Crippen molar-refractivity contribution in [2.24, 2.45) is 5.92 Å². The van der Waals surface area contributed by atoms with Crippen LogP contribution < -0.4 is 4.90 Å². The Hall–Kier alpha value is -2.47. The first-order valence-electron chi connectivity index (χ1n) is 8.88. The number of aryl methyl sites for hydroxylation is 1. The number of rotatable bonds is 2. The fourth-order valence-electron chi connectivity index (χ4n) is 4.43. The monoisotopic (exact) mass is 335 g/mol. The van der Waals surface area contributed by atoms with Gasteiger partial charge in [-0.25, -0.2) is 4.98 Å². The summed E-state index contributed by atoms with van der Waals surface area (Å²) >= 11 is 0. The molecule has 0 saturated carbocycles. The normalized spacial score (nSPS) is 26.1. The molecular weight excluding hydrogens is 314 g/mol. The molecule has 5 rings (SSSR count). The van der Waals surface area contributed by atoms with E-state index >= 15 is 0 Å². The Morgan fingerprint density at radius 3 is 2.96 bits per heavy atom. The van der Waals surface area contributed by atoms with E-state index in [0.29, 0.717) is 17.9 Å². The summed E-state index contributed by atoms with van der Waals surface area (Å²) in [4.78, 5) is 7.31. The average molecular weight is 335 g/mol. The van der Waals surface area contributed by atoms with Crippen molar-refractivity contribution in [3.05, 3.63) is 54.1 Å². The molecule has 2 fully saturated rings. The van der Waals surface area contributed by atoms with E-state index in [-0.39, 0.29) is 0 Å². The zero-order chi connectivity index (χ0) is 16.8. The van der Waals surface area contributed by atoms with Gasteiger partial charge >= 0.3 is 0 Å². The molecule has 3 aromatic rings. The molecule has 0 amide bonds. The first kappa shape index (κ1) is 14.8.